The van der Waals surface area contributed by atoms with Crippen molar-refractivity contribution >= 4 is 10.1 Å². The smallest absolute Gasteiger partial charge is 0.287 e. The van der Waals surface area contributed by atoms with Crippen LogP contribution in [0.4, 0.5) is 0 Å². The molecule has 1 atom stereocenters. The van der Waals surface area contributed by atoms with Crippen molar-refractivity contribution in [3.8, 4) is 0 Å². The van der Waals surface area contributed by atoms with Gasteiger partial charge in [0.25, 0.3) is 10.1 Å². The lowest BCUT2D eigenvalue weighted by Crippen LogP contribution is -2.19. The van der Waals surface area contributed by atoms with Crippen molar-refractivity contribution in [2.75, 3.05) is 0 Å². The highest BCUT2D eigenvalue weighted by molar-refractivity contribution is 7.88. The van der Waals surface area contributed by atoms with Crippen LogP contribution in [-0.2, 0) is 10.1 Å². The van der Waals surface area contributed by atoms with Gasteiger partial charge in [0.1, 0.15) is 0 Å². The quantitative estimate of drug-likeness (QED) is 0.646. The van der Waals surface area contributed by atoms with Crippen molar-refractivity contribution in [2.45, 2.75) is 26.3 Å². The molecular weight excluding hydrogens is 178 g/mol. The average Bonchev–Trinajstić information content (AvgIpc) is 1.80. The van der Waals surface area contributed by atoms with Gasteiger partial charge in [0, 0.05) is 6.04 Å². The molecule has 0 aromatic carbocycles. The van der Waals surface area contributed by atoms with Gasteiger partial charge in [0.2, 0.25) is 0 Å². The van der Waals surface area contributed by atoms with Gasteiger partial charge in [-0.2, -0.15) is 8.42 Å². The topological polar surface area (TPSA) is 80.4 Å². The van der Waals surface area contributed by atoms with Crippen LogP contribution in [0.25, 0.3) is 0 Å². The first kappa shape index (κ1) is 11.6. The fourth-order valence-electron chi connectivity index (χ4n) is 0.823. The normalized spacial score (nSPS) is 15.8. The maximum atomic E-state index is 10.2. The van der Waals surface area contributed by atoms with Crippen LogP contribution >= 0.6 is 0 Å². The van der Waals surface area contributed by atoms with E-state index in [1.165, 1.54) is 6.08 Å². The maximum absolute atomic E-state index is 10.2. The molecule has 0 aromatic rings. The monoisotopic (exact) mass is 193 g/mol. The Balaban J connectivity index is 4.01. The summed E-state index contributed by atoms with van der Waals surface area (Å²) in [5.41, 5.74) is 5.52. The molecule has 72 valence electrons. The molecule has 0 unspecified atom stereocenters. The third kappa shape index (κ3) is 7.71. The summed E-state index contributed by atoms with van der Waals surface area (Å²) in [5, 5.41) is 0.722. The van der Waals surface area contributed by atoms with E-state index < -0.39 is 10.1 Å². The van der Waals surface area contributed by atoms with Crippen molar-refractivity contribution in [1.29, 1.82) is 0 Å². The van der Waals surface area contributed by atoms with Crippen LogP contribution < -0.4 is 5.73 Å². The summed E-state index contributed by atoms with van der Waals surface area (Å²) in [4.78, 5) is 0. The minimum atomic E-state index is -4.02. The van der Waals surface area contributed by atoms with Gasteiger partial charge in [-0.25, -0.2) is 0 Å². The molecule has 0 heterocycles. The number of rotatable bonds is 4. The largest absolute Gasteiger partial charge is 0.324 e. The lowest BCUT2D eigenvalue weighted by Gasteiger charge is -2.08. The third-order valence-corrected chi connectivity index (χ3v) is 1.74. The molecule has 0 saturated carbocycles. The molecule has 0 aliphatic rings. The zero-order valence-corrected chi connectivity index (χ0v) is 8.08. The van der Waals surface area contributed by atoms with E-state index in [0.29, 0.717) is 12.3 Å². The Bertz CT molecular complexity index is 243. The van der Waals surface area contributed by atoms with Gasteiger partial charge < -0.3 is 5.73 Å². The van der Waals surface area contributed by atoms with Gasteiger partial charge in [-0.3, -0.25) is 4.55 Å². The molecule has 0 saturated heterocycles. The summed E-state index contributed by atoms with van der Waals surface area (Å²) in [6.07, 6.45) is 1.99. The van der Waals surface area contributed by atoms with Crippen molar-refractivity contribution in [1.82, 2.24) is 0 Å². The molecule has 5 heteroatoms. The molecule has 0 aliphatic carbocycles. The molecule has 0 aromatic heterocycles. The second kappa shape index (κ2) is 4.59. The van der Waals surface area contributed by atoms with E-state index in [0.717, 1.165) is 5.41 Å². The van der Waals surface area contributed by atoms with Gasteiger partial charge >= 0.3 is 0 Å². The van der Waals surface area contributed by atoms with Crippen LogP contribution in [0.5, 0.6) is 0 Å². The Morgan fingerprint density at radius 3 is 2.33 bits per heavy atom. The van der Waals surface area contributed by atoms with E-state index in [1.54, 1.807) is 0 Å². The van der Waals surface area contributed by atoms with Crippen molar-refractivity contribution in [2.24, 2.45) is 11.7 Å². The summed E-state index contributed by atoms with van der Waals surface area (Å²) in [5.74, 6) is 0.408. The van der Waals surface area contributed by atoms with Crippen LogP contribution in [0, 0.1) is 5.92 Å². The standard InChI is InChI=1S/C7H15NO3S/c1-6(2)5-7(8)3-4-12(9,10)11/h3-4,6-7H,5,8H2,1-2H3,(H,9,10,11)/t7-/m1/s1. The van der Waals surface area contributed by atoms with Gasteiger partial charge in [-0.15, -0.1) is 0 Å². The molecule has 0 rings (SSSR count). The predicted octanol–water partition coefficient (Wildman–Crippen LogP) is 0.761. The van der Waals surface area contributed by atoms with E-state index in [4.69, 9.17) is 10.3 Å². The highest BCUT2D eigenvalue weighted by Gasteiger charge is 2.03. The Morgan fingerprint density at radius 2 is 2.00 bits per heavy atom. The van der Waals surface area contributed by atoms with E-state index in [-0.39, 0.29) is 6.04 Å². The van der Waals surface area contributed by atoms with Crippen LogP contribution in [0.3, 0.4) is 0 Å². The van der Waals surface area contributed by atoms with Crippen molar-refractivity contribution in [3.05, 3.63) is 11.5 Å². The van der Waals surface area contributed by atoms with Gasteiger partial charge in [0.05, 0.1) is 5.41 Å². The van der Waals surface area contributed by atoms with Crippen LogP contribution in [0.15, 0.2) is 11.5 Å². The summed E-state index contributed by atoms with van der Waals surface area (Å²) in [6, 6.07) is -0.313. The molecule has 0 fully saturated rings. The second-order valence-electron chi connectivity index (χ2n) is 3.14. The summed E-state index contributed by atoms with van der Waals surface area (Å²) < 4.78 is 28.8. The highest BCUT2D eigenvalue weighted by atomic mass is 32.2. The minimum absolute atomic E-state index is 0.313. The number of hydrogen-bond acceptors (Lipinski definition) is 3. The Hall–Kier alpha value is -0.390. The fraction of sp³-hybridized carbons (Fsp3) is 0.714. The average molecular weight is 193 g/mol. The highest BCUT2D eigenvalue weighted by Crippen LogP contribution is 2.03. The first-order valence-electron chi connectivity index (χ1n) is 3.72. The zero-order valence-electron chi connectivity index (χ0n) is 7.27. The first-order chi connectivity index (χ1) is 5.31. The first-order valence-corrected chi connectivity index (χ1v) is 5.23. The molecule has 3 N–H and O–H groups in total. The maximum Gasteiger partial charge on any atom is 0.287 e. The lowest BCUT2D eigenvalue weighted by molar-refractivity contribution is 0.493. The van der Waals surface area contributed by atoms with Crippen LogP contribution in [0.2, 0.25) is 0 Å². The molecule has 0 aliphatic heterocycles. The summed E-state index contributed by atoms with van der Waals surface area (Å²) in [7, 11) is -4.02. The van der Waals surface area contributed by atoms with Gasteiger partial charge in [-0.05, 0) is 12.3 Å². The van der Waals surface area contributed by atoms with E-state index in [2.05, 4.69) is 0 Å². The Morgan fingerprint density at radius 1 is 1.50 bits per heavy atom. The van der Waals surface area contributed by atoms with E-state index in [1.807, 2.05) is 13.8 Å². The third-order valence-electron chi connectivity index (χ3n) is 1.24. The van der Waals surface area contributed by atoms with E-state index >= 15 is 0 Å². The SMILES string of the molecule is CC(C)C[C@H](N)C=CS(=O)(=O)O. The molecular formula is C7H15NO3S. The van der Waals surface area contributed by atoms with Crippen molar-refractivity contribution < 1.29 is 13.0 Å². The molecule has 0 amide bonds. The molecule has 0 bridgehead atoms. The lowest BCUT2D eigenvalue weighted by atomic mass is 10.1. The minimum Gasteiger partial charge on any atom is -0.324 e. The van der Waals surface area contributed by atoms with Crippen LogP contribution in [0.1, 0.15) is 20.3 Å². The zero-order chi connectivity index (χ0) is 9.78. The van der Waals surface area contributed by atoms with E-state index in [9.17, 15) is 8.42 Å². The van der Waals surface area contributed by atoms with Crippen molar-refractivity contribution in [3.63, 3.8) is 0 Å². The van der Waals surface area contributed by atoms with Gasteiger partial charge in [0.15, 0.2) is 0 Å². The molecule has 0 radical (unpaired) electrons. The predicted molar refractivity (Wildman–Crippen MR) is 48.1 cm³/mol. The number of hydrogen-bond donors (Lipinski definition) is 2. The van der Waals surface area contributed by atoms with Gasteiger partial charge in [-0.1, -0.05) is 19.9 Å². The molecule has 12 heavy (non-hydrogen) atoms. The number of nitrogens with two attached hydrogens (primary N) is 1. The summed E-state index contributed by atoms with van der Waals surface area (Å²) >= 11 is 0. The van der Waals surface area contributed by atoms with Crippen LogP contribution in [-0.4, -0.2) is 19.0 Å². The summed E-state index contributed by atoms with van der Waals surface area (Å²) in [6.45, 7) is 3.97. The molecule has 4 nitrogen and oxygen atoms in total. The fourth-order valence-corrected chi connectivity index (χ4v) is 1.22. The Labute approximate surface area is 73.2 Å². The Kier molecular flexibility index (Phi) is 4.44. The second-order valence-corrected chi connectivity index (χ2v) is 4.44. The molecule has 0 spiro atoms.